The molecule has 2 heterocycles. The van der Waals surface area contributed by atoms with Crippen LogP contribution in [0.15, 0.2) is 18.5 Å². The van der Waals surface area contributed by atoms with Crippen LogP contribution in [0.4, 0.5) is 5.69 Å². The van der Waals surface area contributed by atoms with E-state index in [9.17, 15) is 4.79 Å². The van der Waals surface area contributed by atoms with E-state index in [1.807, 2.05) is 19.3 Å². The van der Waals surface area contributed by atoms with Gasteiger partial charge in [0.2, 0.25) is 0 Å². The Kier molecular flexibility index (Phi) is 3.19. The molecule has 86 valence electrons. The average molecular weight is 220 g/mol. The first kappa shape index (κ1) is 11.1. The number of ketones is 1. The van der Waals surface area contributed by atoms with Crippen molar-refractivity contribution in [2.24, 2.45) is 0 Å². The van der Waals surface area contributed by atoms with Gasteiger partial charge in [0.1, 0.15) is 12.0 Å². The van der Waals surface area contributed by atoms with Gasteiger partial charge in [-0.3, -0.25) is 9.78 Å². The summed E-state index contributed by atoms with van der Waals surface area (Å²) in [7, 11) is 1.64. The molecule has 0 bridgehead atoms. The predicted molar refractivity (Wildman–Crippen MR) is 61.4 cm³/mol. The van der Waals surface area contributed by atoms with Gasteiger partial charge >= 0.3 is 0 Å². The zero-order valence-electron chi connectivity index (χ0n) is 9.64. The summed E-state index contributed by atoms with van der Waals surface area (Å²) in [4.78, 5) is 17.6. The zero-order chi connectivity index (χ0) is 11.5. The highest BCUT2D eigenvalue weighted by Crippen LogP contribution is 2.23. The van der Waals surface area contributed by atoms with E-state index in [4.69, 9.17) is 4.74 Å². The Morgan fingerprint density at radius 3 is 3.00 bits per heavy atom. The fourth-order valence-corrected chi connectivity index (χ4v) is 2.00. The lowest BCUT2D eigenvalue weighted by Gasteiger charge is -2.35. The van der Waals surface area contributed by atoms with Crippen LogP contribution in [-0.2, 0) is 9.53 Å². The van der Waals surface area contributed by atoms with Crippen molar-refractivity contribution >= 4 is 11.5 Å². The molecule has 0 amide bonds. The summed E-state index contributed by atoms with van der Waals surface area (Å²) in [5.41, 5.74) is 2.14. The second-order valence-corrected chi connectivity index (χ2v) is 4.10. The number of carbonyl (C=O) groups is 1. The summed E-state index contributed by atoms with van der Waals surface area (Å²) in [5, 5.41) is 0. The molecular formula is C12H16N2O2. The summed E-state index contributed by atoms with van der Waals surface area (Å²) in [6.07, 6.45) is 4.54. The quantitative estimate of drug-likeness (QED) is 0.758. The number of aryl methyl sites for hydroxylation is 1. The normalized spacial score (nSPS) is 21.2. The fraction of sp³-hybridized carbons (Fsp3) is 0.500. The molecule has 1 fully saturated rings. The lowest BCUT2D eigenvalue weighted by molar-refractivity contribution is -0.123. The van der Waals surface area contributed by atoms with Gasteiger partial charge in [-0.05, 0) is 18.6 Å². The summed E-state index contributed by atoms with van der Waals surface area (Å²) in [6.45, 7) is 2.72. The molecule has 2 rings (SSSR count). The number of nitrogens with zero attached hydrogens (tertiary/aromatic N) is 2. The van der Waals surface area contributed by atoms with Crippen LogP contribution >= 0.6 is 0 Å². The molecule has 1 aliphatic heterocycles. The number of methoxy groups -OCH3 is 1. The van der Waals surface area contributed by atoms with Gasteiger partial charge in [-0.25, -0.2) is 0 Å². The molecule has 0 saturated carbocycles. The number of carbonyl (C=O) groups excluding carboxylic acids is 1. The lowest BCUT2D eigenvalue weighted by atomic mass is 10.1. The second kappa shape index (κ2) is 4.61. The van der Waals surface area contributed by atoms with Crippen LogP contribution in [0.3, 0.4) is 0 Å². The van der Waals surface area contributed by atoms with E-state index < -0.39 is 0 Å². The van der Waals surface area contributed by atoms with E-state index in [1.54, 1.807) is 7.11 Å². The SMILES string of the molecule is COC1CC(=O)CCN1c1cncc(C)c1. The Balaban J connectivity index is 2.22. The van der Waals surface area contributed by atoms with Crippen molar-refractivity contribution in [3.05, 3.63) is 24.0 Å². The Hall–Kier alpha value is -1.42. The van der Waals surface area contributed by atoms with Gasteiger partial charge in [-0.1, -0.05) is 0 Å². The summed E-state index contributed by atoms with van der Waals surface area (Å²) < 4.78 is 5.35. The minimum Gasteiger partial charge on any atom is -0.361 e. The number of rotatable bonds is 2. The highest BCUT2D eigenvalue weighted by Gasteiger charge is 2.27. The van der Waals surface area contributed by atoms with E-state index in [-0.39, 0.29) is 12.0 Å². The van der Waals surface area contributed by atoms with Crippen molar-refractivity contribution in [3.8, 4) is 0 Å². The molecule has 4 heteroatoms. The number of hydrogen-bond donors (Lipinski definition) is 0. The standard InChI is InChI=1S/C12H16N2O2/c1-9-5-10(8-13-7-9)14-4-3-11(15)6-12(14)16-2/h5,7-8,12H,3-4,6H2,1-2H3. The first-order valence-electron chi connectivity index (χ1n) is 5.43. The molecular weight excluding hydrogens is 204 g/mol. The number of anilines is 1. The minimum absolute atomic E-state index is 0.148. The van der Waals surface area contributed by atoms with Crippen LogP contribution in [0.5, 0.6) is 0 Å². The molecule has 1 saturated heterocycles. The van der Waals surface area contributed by atoms with Crippen LogP contribution < -0.4 is 4.90 Å². The van der Waals surface area contributed by atoms with Crippen LogP contribution in [0.2, 0.25) is 0 Å². The van der Waals surface area contributed by atoms with Gasteiger partial charge in [0.15, 0.2) is 0 Å². The average Bonchev–Trinajstić information content (AvgIpc) is 2.28. The first-order chi connectivity index (χ1) is 7.70. The van der Waals surface area contributed by atoms with Gasteiger partial charge in [0.05, 0.1) is 18.3 Å². The number of aromatic nitrogens is 1. The summed E-state index contributed by atoms with van der Waals surface area (Å²) in [6, 6.07) is 2.06. The summed E-state index contributed by atoms with van der Waals surface area (Å²) in [5.74, 6) is 0.267. The topological polar surface area (TPSA) is 42.4 Å². The maximum atomic E-state index is 11.4. The zero-order valence-corrected chi connectivity index (χ0v) is 9.64. The monoisotopic (exact) mass is 220 g/mol. The van der Waals surface area contributed by atoms with Gasteiger partial charge in [0, 0.05) is 26.3 Å². The van der Waals surface area contributed by atoms with Crippen molar-refractivity contribution in [1.29, 1.82) is 0 Å². The lowest BCUT2D eigenvalue weighted by Crippen LogP contribution is -2.44. The highest BCUT2D eigenvalue weighted by atomic mass is 16.5. The van der Waals surface area contributed by atoms with Crippen LogP contribution in [0, 0.1) is 6.92 Å². The molecule has 16 heavy (non-hydrogen) atoms. The number of Topliss-reactive ketones (excluding diaryl/α,β-unsaturated/α-hetero) is 1. The van der Waals surface area contributed by atoms with E-state index >= 15 is 0 Å². The van der Waals surface area contributed by atoms with Crippen LogP contribution in [0.25, 0.3) is 0 Å². The van der Waals surface area contributed by atoms with Gasteiger partial charge in [-0.15, -0.1) is 0 Å². The van der Waals surface area contributed by atoms with E-state index in [2.05, 4.69) is 16.0 Å². The fourth-order valence-electron chi connectivity index (χ4n) is 2.00. The maximum Gasteiger partial charge on any atom is 0.139 e. The van der Waals surface area contributed by atoms with Crippen molar-refractivity contribution in [3.63, 3.8) is 0 Å². The number of pyridine rings is 1. The smallest absolute Gasteiger partial charge is 0.139 e. The highest BCUT2D eigenvalue weighted by molar-refractivity contribution is 5.81. The maximum absolute atomic E-state index is 11.4. The van der Waals surface area contributed by atoms with Gasteiger partial charge in [0.25, 0.3) is 0 Å². The Bertz CT molecular complexity index is 392. The van der Waals surface area contributed by atoms with Crippen LogP contribution in [-0.4, -0.2) is 30.6 Å². The number of hydrogen-bond acceptors (Lipinski definition) is 4. The van der Waals surface area contributed by atoms with Crippen molar-refractivity contribution in [2.75, 3.05) is 18.6 Å². The Morgan fingerprint density at radius 1 is 1.50 bits per heavy atom. The van der Waals surface area contributed by atoms with E-state index in [0.717, 1.165) is 11.3 Å². The van der Waals surface area contributed by atoms with Crippen LogP contribution in [0.1, 0.15) is 18.4 Å². The molecule has 0 aliphatic carbocycles. The van der Waals surface area contributed by atoms with Gasteiger partial charge in [-0.2, -0.15) is 0 Å². The summed E-state index contributed by atoms with van der Waals surface area (Å²) >= 11 is 0. The number of piperidine rings is 1. The molecule has 1 aromatic heterocycles. The molecule has 1 unspecified atom stereocenters. The molecule has 0 spiro atoms. The minimum atomic E-state index is -0.148. The molecule has 4 nitrogen and oxygen atoms in total. The third-order valence-corrected chi connectivity index (χ3v) is 2.85. The third-order valence-electron chi connectivity index (χ3n) is 2.85. The molecule has 0 radical (unpaired) electrons. The van der Waals surface area contributed by atoms with Crippen molar-refractivity contribution in [2.45, 2.75) is 26.0 Å². The molecule has 1 aliphatic rings. The Labute approximate surface area is 95.2 Å². The van der Waals surface area contributed by atoms with Crippen molar-refractivity contribution in [1.82, 2.24) is 4.98 Å². The number of ether oxygens (including phenoxy) is 1. The Morgan fingerprint density at radius 2 is 2.31 bits per heavy atom. The van der Waals surface area contributed by atoms with Crippen molar-refractivity contribution < 1.29 is 9.53 Å². The van der Waals surface area contributed by atoms with E-state index in [0.29, 0.717) is 19.4 Å². The van der Waals surface area contributed by atoms with Gasteiger partial charge < -0.3 is 9.64 Å². The molecule has 0 aromatic carbocycles. The largest absolute Gasteiger partial charge is 0.361 e. The third kappa shape index (κ3) is 2.22. The molecule has 1 atom stereocenters. The molecule has 1 aromatic rings. The first-order valence-corrected chi connectivity index (χ1v) is 5.43. The predicted octanol–water partition coefficient (Wildman–Crippen LogP) is 1.53. The second-order valence-electron chi connectivity index (χ2n) is 4.10. The molecule has 0 N–H and O–H groups in total. The van der Waals surface area contributed by atoms with E-state index in [1.165, 1.54) is 0 Å².